The average Bonchev–Trinajstić information content (AvgIpc) is 2.61. The number of rotatable bonds is 2. The van der Waals surface area contributed by atoms with Gasteiger partial charge in [0, 0.05) is 18.5 Å². The fourth-order valence-corrected chi connectivity index (χ4v) is 1.26. The minimum atomic E-state index is -0.117. The Morgan fingerprint density at radius 2 is 2.21 bits per heavy atom. The van der Waals surface area contributed by atoms with Gasteiger partial charge in [-0.1, -0.05) is 0 Å². The van der Waals surface area contributed by atoms with Crippen LogP contribution in [0.25, 0.3) is 5.65 Å². The lowest BCUT2D eigenvalue weighted by molar-refractivity contribution is 0.429. The zero-order chi connectivity index (χ0) is 10.2. The van der Waals surface area contributed by atoms with E-state index in [-0.39, 0.29) is 5.54 Å². The molecule has 0 amide bonds. The summed E-state index contributed by atoms with van der Waals surface area (Å²) in [5, 5.41) is 7.66. The van der Waals surface area contributed by atoms with Gasteiger partial charge in [-0.05, 0) is 27.0 Å². The van der Waals surface area contributed by atoms with Gasteiger partial charge in [0.1, 0.15) is 0 Å². The Labute approximate surface area is 83.0 Å². The first-order valence-corrected chi connectivity index (χ1v) is 4.63. The van der Waals surface area contributed by atoms with Crippen molar-refractivity contribution in [2.45, 2.75) is 19.4 Å². The molecule has 0 atom stereocenters. The Kier molecular flexibility index (Phi) is 2.00. The molecule has 0 saturated heterocycles. The molecule has 0 saturated carbocycles. The Balaban J connectivity index is 2.55. The maximum atomic E-state index is 4.45. The van der Waals surface area contributed by atoms with Gasteiger partial charge < -0.3 is 5.32 Å². The molecule has 2 heterocycles. The standard InChI is InChI=1S/C10H14N4/c1-10(2,11-3)8-7-9-12-5-4-6-14(9)13-8/h4-7,11H,1-3H3. The van der Waals surface area contributed by atoms with E-state index in [4.69, 9.17) is 0 Å². The van der Waals surface area contributed by atoms with Crippen molar-refractivity contribution in [1.29, 1.82) is 0 Å². The van der Waals surface area contributed by atoms with E-state index in [0.29, 0.717) is 0 Å². The third kappa shape index (κ3) is 1.37. The van der Waals surface area contributed by atoms with Gasteiger partial charge in [-0.15, -0.1) is 0 Å². The second-order valence-electron chi connectivity index (χ2n) is 3.83. The Hall–Kier alpha value is -1.42. The number of hydrogen-bond donors (Lipinski definition) is 1. The Bertz CT molecular complexity index is 411. The Morgan fingerprint density at radius 3 is 2.86 bits per heavy atom. The number of nitrogens with one attached hydrogen (secondary N) is 1. The van der Waals surface area contributed by atoms with Crippen molar-refractivity contribution in [1.82, 2.24) is 19.9 Å². The van der Waals surface area contributed by atoms with Gasteiger partial charge in [-0.2, -0.15) is 5.10 Å². The molecular weight excluding hydrogens is 176 g/mol. The molecule has 0 bridgehead atoms. The second kappa shape index (κ2) is 3.06. The van der Waals surface area contributed by atoms with Gasteiger partial charge in [0.15, 0.2) is 5.65 Å². The minimum Gasteiger partial charge on any atom is -0.310 e. The van der Waals surface area contributed by atoms with E-state index in [1.54, 1.807) is 10.7 Å². The molecule has 1 N–H and O–H groups in total. The number of aromatic nitrogens is 3. The SMILES string of the molecule is CNC(C)(C)c1cc2ncccn2n1. The van der Waals surface area contributed by atoms with E-state index in [9.17, 15) is 0 Å². The Morgan fingerprint density at radius 1 is 1.43 bits per heavy atom. The first-order chi connectivity index (χ1) is 6.63. The van der Waals surface area contributed by atoms with Crippen molar-refractivity contribution in [3.63, 3.8) is 0 Å². The molecule has 0 aromatic carbocycles. The van der Waals surface area contributed by atoms with E-state index < -0.39 is 0 Å². The van der Waals surface area contributed by atoms with Crippen LogP contribution in [0.2, 0.25) is 0 Å². The highest BCUT2D eigenvalue weighted by atomic mass is 15.3. The predicted octanol–water partition coefficient (Wildman–Crippen LogP) is 1.18. The molecule has 0 aliphatic rings. The van der Waals surface area contributed by atoms with E-state index >= 15 is 0 Å². The lowest BCUT2D eigenvalue weighted by atomic mass is 10.0. The molecule has 0 aliphatic heterocycles. The van der Waals surface area contributed by atoms with Crippen LogP contribution in [0.1, 0.15) is 19.5 Å². The summed E-state index contributed by atoms with van der Waals surface area (Å²) >= 11 is 0. The van der Waals surface area contributed by atoms with Crippen molar-refractivity contribution in [2.24, 2.45) is 0 Å². The molecule has 74 valence electrons. The summed E-state index contributed by atoms with van der Waals surface area (Å²) < 4.78 is 1.79. The average molecular weight is 190 g/mol. The number of nitrogens with zero attached hydrogens (tertiary/aromatic N) is 3. The topological polar surface area (TPSA) is 42.2 Å². The van der Waals surface area contributed by atoms with Gasteiger partial charge >= 0.3 is 0 Å². The molecule has 0 aliphatic carbocycles. The lowest BCUT2D eigenvalue weighted by Gasteiger charge is -2.20. The molecule has 0 radical (unpaired) electrons. The molecule has 4 nitrogen and oxygen atoms in total. The summed E-state index contributed by atoms with van der Waals surface area (Å²) in [6.45, 7) is 4.18. The summed E-state index contributed by atoms with van der Waals surface area (Å²) in [6.07, 6.45) is 3.67. The molecule has 2 aromatic heterocycles. The quantitative estimate of drug-likeness (QED) is 0.773. The maximum Gasteiger partial charge on any atom is 0.155 e. The van der Waals surface area contributed by atoms with Crippen LogP contribution in [0.5, 0.6) is 0 Å². The first kappa shape index (κ1) is 9.15. The summed E-state index contributed by atoms with van der Waals surface area (Å²) in [5.74, 6) is 0. The van der Waals surface area contributed by atoms with Crippen molar-refractivity contribution in [3.05, 3.63) is 30.2 Å². The fourth-order valence-electron chi connectivity index (χ4n) is 1.26. The summed E-state index contributed by atoms with van der Waals surface area (Å²) in [6, 6.07) is 3.87. The van der Waals surface area contributed by atoms with Crippen LogP contribution in [-0.2, 0) is 5.54 Å². The van der Waals surface area contributed by atoms with Crippen LogP contribution in [0, 0.1) is 0 Å². The lowest BCUT2D eigenvalue weighted by Crippen LogP contribution is -2.33. The van der Waals surface area contributed by atoms with Crippen molar-refractivity contribution >= 4 is 5.65 Å². The minimum absolute atomic E-state index is 0.117. The highest BCUT2D eigenvalue weighted by Gasteiger charge is 2.21. The molecule has 2 rings (SSSR count). The van der Waals surface area contributed by atoms with Crippen LogP contribution in [0.3, 0.4) is 0 Å². The van der Waals surface area contributed by atoms with Crippen LogP contribution in [0.4, 0.5) is 0 Å². The number of fused-ring (bicyclic) bond motifs is 1. The largest absolute Gasteiger partial charge is 0.310 e. The van der Waals surface area contributed by atoms with Crippen LogP contribution in [-0.4, -0.2) is 21.6 Å². The monoisotopic (exact) mass is 190 g/mol. The van der Waals surface area contributed by atoms with Crippen LogP contribution >= 0.6 is 0 Å². The molecule has 2 aromatic rings. The first-order valence-electron chi connectivity index (χ1n) is 4.63. The van der Waals surface area contributed by atoms with Gasteiger partial charge in [0.25, 0.3) is 0 Å². The number of hydrogen-bond acceptors (Lipinski definition) is 3. The second-order valence-corrected chi connectivity index (χ2v) is 3.83. The normalized spacial score (nSPS) is 12.2. The van der Waals surface area contributed by atoms with Crippen LogP contribution in [0.15, 0.2) is 24.5 Å². The van der Waals surface area contributed by atoms with Crippen molar-refractivity contribution < 1.29 is 0 Å². The van der Waals surface area contributed by atoms with Crippen LogP contribution < -0.4 is 5.32 Å². The third-order valence-corrected chi connectivity index (χ3v) is 2.50. The molecule has 14 heavy (non-hydrogen) atoms. The summed E-state index contributed by atoms with van der Waals surface area (Å²) in [7, 11) is 1.93. The van der Waals surface area contributed by atoms with Gasteiger partial charge in [-0.3, -0.25) is 0 Å². The summed E-state index contributed by atoms with van der Waals surface area (Å²) in [4.78, 5) is 4.22. The van der Waals surface area contributed by atoms with Gasteiger partial charge in [0.05, 0.1) is 11.2 Å². The molecule has 0 fully saturated rings. The molecule has 0 spiro atoms. The van der Waals surface area contributed by atoms with Crippen molar-refractivity contribution in [2.75, 3.05) is 7.05 Å². The predicted molar refractivity (Wildman–Crippen MR) is 55.1 cm³/mol. The van der Waals surface area contributed by atoms with E-state index in [1.807, 2.05) is 25.4 Å². The van der Waals surface area contributed by atoms with E-state index in [1.165, 1.54) is 0 Å². The zero-order valence-corrected chi connectivity index (χ0v) is 8.65. The summed E-state index contributed by atoms with van der Waals surface area (Å²) in [5.41, 5.74) is 1.76. The highest BCUT2D eigenvalue weighted by molar-refractivity contribution is 5.40. The molecular formula is C10H14N4. The third-order valence-electron chi connectivity index (χ3n) is 2.50. The van der Waals surface area contributed by atoms with E-state index in [2.05, 4.69) is 29.2 Å². The van der Waals surface area contributed by atoms with Gasteiger partial charge in [-0.25, -0.2) is 9.50 Å². The zero-order valence-electron chi connectivity index (χ0n) is 8.65. The highest BCUT2D eigenvalue weighted by Crippen LogP contribution is 2.18. The molecule has 4 heteroatoms. The van der Waals surface area contributed by atoms with E-state index in [0.717, 1.165) is 11.3 Å². The molecule has 0 unspecified atom stereocenters. The van der Waals surface area contributed by atoms with Crippen molar-refractivity contribution in [3.8, 4) is 0 Å². The van der Waals surface area contributed by atoms with Gasteiger partial charge in [0.2, 0.25) is 0 Å². The fraction of sp³-hybridized carbons (Fsp3) is 0.400. The maximum absolute atomic E-state index is 4.45. The smallest absolute Gasteiger partial charge is 0.155 e.